The molecule has 0 spiro atoms. The number of nitro benzene ring substituents is 1. The topological polar surface area (TPSA) is 83.2 Å². The van der Waals surface area contributed by atoms with Gasteiger partial charge in [-0.2, -0.15) is 0 Å². The largest absolute Gasteiger partial charge is 0.490 e. The molecular formula is C21H20Cl4N2O5. The Morgan fingerprint density at radius 2 is 1.75 bits per heavy atom. The molecule has 0 radical (unpaired) electrons. The van der Waals surface area contributed by atoms with Crippen molar-refractivity contribution in [3.8, 4) is 11.5 Å². The minimum absolute atomic E-state index is 0.0183. The van der Waals surface area contributed by atoms with Crippen LogP contribution in [-0.2, 0) is 4.84 Å². The van der Waals surface area contributed by atoms with E-state index in [1.165, 1.54) is 12.1 Å². The highest BCUT2D eigenvalue weighted by atomic mass is 35.5. The molecule has 2 aromatic rings. The van der Waals surface area contributed by atoms with Gasteiger partial charge in [0.1, 0.15) is 23.5 Å². The van der Waals surface area contributed by atoms with E-state index in [4.69, 9.17) is 60.7 Å². The quantitative estimate of drug-likeness (QED) is 0.127. The summed E-state index contributed by atoms with van der Waals surface area (Å²) in [6.45, 7) is 2.52. The number of unbranched alkanes of at least 4 members (excludes halogenated alkanes) is 1. The van der Waals surface area contributed by atoms with Gasteiger partial charge in [-0.1, -0.05) is 63.7 Å². The second-order valence-electron chi connectivity index (χ2n) is 6.36. The molecule has 0 aliphatic rings. The minimum Gasteiger partial charge on any atom is -0.490 e. The lowest BCUT2D eigenvalue weighted by Crippen LogP contribution is -2.03. The highest BCUT2D eigenvalue weighted by Crippen LogP contribution is 2.37. The van der Waals surface area contributed by atoms with E-state index in [1.807, 2.05) is 0 Å². The maximum absolute atomic E-state index is 11.1. The molecule has 2 rings (SSSR count). The Labute approximate surface area is 205 Å². The van der Waals surface area contributed by atoms with E-state index in [9.17, 15) is 10.1 Å². The number of hydrogen-bond donors (Lipinski definition) is 0. The Hall–Kier alpha value is -2.19. The fraction of sp³-hybridized carbons (Fsp3) is 0.286. The van der Waals surface area contributed by atoms with E-state index in [-0.39, 0.29) is 16.8 Å². The number of nitro groups is 1. The lowest BCUT2D eigenvalue weighted by molar-refractivity contribution is -0.385. The molecule has 0 atom stereocenters. The van der Waals surface area contributed by atoms with Crippen LogP contribution in [0.2, 0.25) is 10.0 Å². The fourth-order valence-corrected chi connectivity index (χ4v) is 3.23. The maximum atomic E-state index is 11.1. The van der Waals surface area contributed by atoms with Gasteiger partial charge in [0, 0.05) is 18.2 Å². The van der Waals surface area contributed by atoms with Crippen molar-refractivity contribution in [2.75, 3.05) is 19.8 Å². The third-order valence-electron chi connectivity index (χ3n) is 4.03. The second kappa shape index (κ2) is 13.4. The Morgan fingerprint density at radius 3 is 2.41 bits per heavy atom. The zero-order valence-electron chi connectivity index (χ0n) is 17.0. The van der Waals surface area contributed by atoms with Crippen LogP contribution in [0, 0.1) is 10.1 Å². The average Bonchev–Trinajstić information content (AvgIpc) is 2.74. The first-order valence-electron chi connectivity index (χ1n) is 9.45. The van der Waals surface area contributed by atoms with Crippen LogP contribution in [0.1, 0.15) is 25.3 Å². The van der Waals surface area contributed by atoms with Gasteiger partial charge in [-0.25, -0.2) is 0 Å². The van der Waals surface area contributed by atoms with Crippen molar-refractivity contribution in [3.05, 3.63) is 72.7 Å². The summed E-state index contributed by atoms with van der Waals surface area (Å²) in [6.07, 6.45) is 2.80. The van der Waals surface area contributed by atoms with Gasteiger partial charge in [0.25, 0.3) is 5.69 Å². The van der Waals surface area contributed by atoms with E-state index < -0.39 is 4.92 Å². The van der Waals surface area contributed by atoms with Crippen LogP contribution in [0.15, 0.2) is 52.1 Å². The van der Waals surface area contributed by atoms with Crippen LogP contribution in [0.3, 0.4) is 0 Å². The summed E-state index contributed by atoms with van der Waals surface area (Å²) in [4.78, 5) is 15.9. The SMILES string of the molecule is CC(=NOCCCCOc1c(Cl)cc(OCC=C(Cl)Cl)cc1Cl)c1ccccc1[N+](=O)[O-]. The van der Waals surface area contributed by atoms with Crippen LogP contribution in [0.5, 0.6) is 11.5 Å². The monoisotopic (exact) mass is 520 g/mol. The van der Waals surface area contributed by atoms with Crippen LogP contribution in [0.4, 0.5) is 5.69 Å². The summed E-state index contributed by atoms with van der Waals surface area (Å²) in [5.41, 5.74) is 0.827. The van der Waals surface area contributed by atoms with E-state index in [1.54, 1.807) is 37.3 Å². The van der Waals surface area contributed by atoms with E-state index >= 15 is 0 Å². The standard InChI is InChI=1S/C21H20Cl4N2O5/c1-14(16-6-2-3-7-19(16)27(28)29)26-32-10-5-4-9-31-21-17(22)12-15(13-18(21)23)30-11-8-20(24)25/h2-3,6-8,12-13H,4-5,9-11H2,1H3. The molecule has 0 aliphatic carbocycles. The number of hydrogen-bond acceptors (Lipinski definition) is 6. The van der Waals surface area contributed by atoms with Gasteiger partial charge in [0.05, 0.1) is 32.9 Å². The smallest absolute Gasteiger partial charge is 0.278 e. The summed E-state index contributed by atoms with van der Waals surface area (Å²) in [6, 6.07) is 9.53. The van der Waals surface area contributed by atoms with E-state index in [0.29, 0.717) is 58.9 Å². The summed E-state index contributed by atoms with van der Waals surface area (Å²) >= 11 is 23.5. The Kier molecular flexibility index (Phi) is 10.9. The van der Waals surface area contributed by atoms with Crippen molar-refractivity contribution >= 4 is 57.8 Å². The summed E-state index contributed by atoms with van der Waals surface area (Å²) in [5.74, 6) is 0.816. The third-order valence-corrected chi connectivity index (χ3v) is 4.90. The van der Waals surface area contributed by atoms with Crippen LogP contribution in [0.25, 0.3) is 0 Å². The molecule has 7 nitrogen and oxygen atoms in total. The zero-order valence-corrected chi connectivity index (χ0v) is 20.0. The summed E-state index contributed by atoms with van der Waals surface area (Å²) in [5, 5.41) is 15.7. The first-order chi connectivity index (χ1) is 15.3. The molecule has 172 valence electrons. The molecule has 2 aromatic carbocycles. The predicted octanol–water partition coefficient (Wildman–Crippen LogP) is 7.20. The maximum Gasteiger partial charge on any atom is 0.278 e. The molecule has 0 saturated carbocycles. The molecule has 0 bridgehead atoms. The Balaban J connectivity index is 1.77. The Morgan fingerprint density at radius 1 is 1.09 bits per heavy atom. The molecule has 0 aromatic heterocycles. The molecule has 0 saturated heterocycles. The number of oxime groups is 1. The van der Waals surface area contributed by atoms with Crippen LogP contribution < -0.4 is 9.47 Å². The minimum atomic E-state index is -0.451. The molecular weight excluding hydrogens is 502 g/mol. The molecule has 11 heteroatoms. The van der Waals surface area contributed by atoms with Gasteiger partial charge in [0.2, 0.25) is 0 Å². The van der Waals surface area contributed by atoms with Crippen LogP contribution >= 0.6 is 46.4 Å². The second-order valence-corrected chi connectivity index (χ2v) is 8.18. The van der Waals surface area contributed by atoms with Gasteiger partial charge in [-0.15, -0.1) is 0 Å². The predicted molar refractivity (Wildman–Crippen MR) is 128 cm³/mol. The highest BCUT2D eigenvalue weighted by Gasteiger charge is 2.15. The van der Waals surface area contributed by atoms with Crippen molar-refractivity contribution in [2.45, 2.75) is 19.8 Å². The number of para-hydroxylation sites is 1. The average molecular weight is 522 g/mol. The molecule has 0 amide bonds. The van der Waals surface area contributed by atoms with Gasteiger partial charge >= 0.3 is 0 Å². The number of halogens is 4. The van der Waals surface area contributed by atoms with Crippen molar-refractivity contribution in [3.63, 3.8) is 0 Å². The number of rotatable bonds is 12. The van der Waals surface area contributed by atoms with Gasteiger partial charge in [0.15, 0.2) is 5.75 Å². The number of ether oxygens (including phenoxy) is 2. The van der Waals surface area contributed by atoms with Gasteiger partial charge in [-0.05, 0) is 31.9 Å². The lowest BCUT2D eigenvalue weighted by Gasteiger charge is -2.12. The molecule has 0 fully saturated rings. The first kappa shape index (κ1) is 26.1. The normalized spacial score (nSPS) is 11.1. The Bertz CT molecular complexity index is 971. The van der Waals surface area contributed by atoms with Crippen LogP contribution in [-0.4, -0.2) is 30.5 Å². The van der Waals surface area contributed by atoms with E-state index in [2.05, 4.69) is 5.16 Å². The number of nitrogens with zero attached hydrogens (tertiary/aromatic N) is 2. The fourth-order valence-electron chi connectivity index (χ4n) is 2.53. The molecule has 0 unspecified atom stereocenters. The van der Waals surface area contributed by atoms with Gasteiger partial charge in [-0.3, -0.25) is 10.1 Å². The first-order valence-corrected chi connectivity index (χ1v) is 11.0. The highest BCUT2D eigenvalue weighted by molar-refractivity contribution is 6.55. The van der Waals surface area contributed by atoms with Crippen molar-refractivity contribution < 1.29 is 19.2 Å². The molecule has 0 heterocycles. The summed E-state index contributed by atoms with van der Waals surface area (Å²) in [7, 11) is 0. The van der Waals surface area contributed by atoms with Crippen molar-refractivity contribution in [1.29, 1.82) is 0 Å². The lowest BCUT2D eigenvalue weighted by atomic mass is 10.1. The zero-order chi connectivity index (χ0) is 23.5. The third kappa shape index (κ3) is 8.39. The van der Waals surface area contributed by atoms with Crippen molar-refractivity contribution in [2.24, 2.45) is 5.16 Å². The van der Waals surface area contributed by atoms with Crippen molar-refractivity contribution in [1.82, 2.24) is 0 Å². The molecule has 0 N–H and O–H groups in total. The molecule has 32 heavy (non-hydrogen) atoms. The summed E-state index contributed by atoms with van der Waals surface area (Å²) < 4.78 is 11.2. The molecule has 0 aliphatic heterocycles. The van der Waals surface area contributed by atoms with Gasteiger partial charge < -0.3 is 14.3 Å². The number of benzene rings is 2. The van der Waals surface area contributed by atoms with E-state index in [0.717, 1.165) is 0 Å².